The first kappa shape index (κ1) is 20.9. The number of sulfone groups is 1. The molecule has 0 radical (unpaired) electrons. The Hall–Kier alpha value is -2.44. The van der Waals surface area contributed by atoms with Gasteiger partial charge in [-0.1, -0.05) is 6.42 Å². The van der Waals surface area contributed by atoms with Gasteiger partial charge in [0.25, 0.3) is 11.4 Å². The summed E-state index contributed by atoms with van der Waals surface area (Å²) in [7, 11) is -3.39. The molecule has 2 rings (SSSR count). The first-order valence-electron chi connectivity index (χ1n) is 7.80. The lowest BCUT2D eigenvalue weighted by atomic mass is 9.94. The summed E-state index contributed by atoms with van der Waals surface area (Å²) in [6.45, 7) is 0. The van der Waals surface area contributed by atoms with E-state index in [1.165, 1.54) is 0 Å². The Labute approximate surface area is 151 Å². The van der Waals surface area contributed by atoms with E-state index in [2.05, 4.69) is 5.32 Å². The Kier molecular flexibility index (Phi) is 5.63. The van der Waals surface area contributed by atoms with Crippen LogP contribution >= 0.6 is 0 Å². The monoisotopic (exact) mass is 411 g/mol. The zero-order valence-electron chi connectivity index (χ0n) is 14.0. The summed E-state index contributed by atoms with van der Waals surface area (Å²) in [4.78, 5) is 20.2. The summed E-state index contributed by atoms with van der Waals surface area (Å²) < 4.78 is 62.2. The van der Waals surface area contributed by atoms with Crippen LogP contribution in [0.5, 0.6) is 0 Å². The minimum absolute atomic E-state index is 0.0498. The minimum atomic E-state index is -5.00. The molecule has 150 valence electrons. The number of anilines is 1. The third kappa shape index (κ3) is 4.84. The SMILES string of the molecule is CS(=O)(=O)C1CCCC(Nc2c([N+](=O)[O-])cc(C(F)(F)F)cc2[N+](=O)[O-])C1. The molecule has 0 spiro atoms. The van der Waals surface area contributed by atoms with Crippen LogP contribution in [0.1, 0.15) is 31.2 Å². The van der Waals surface area contributed by atoms with Crippen LogP contribution in [0.15, 0.2) is 12.1 Å². The van der Waals surface area contributed by atoms with Crippen molar-refractivity contribution in [2.24, 2.45) is 0 Å². The first-order chi connectivity index (χ1) is 12.3. The largest absolute Gasteiger partial charge is 0.416 e. The van der Waals surface area contributed by atoms with Gasteiger partial charge < -0.3 is 5.32 Å². The van der Waals surface area contributed by atoms with Crippen LogP contribution in [0.2, 0.25) is 0 Å². The highest BCUT2D eigenvalue weighted by atomic mass is 32.2. The van der Waals surface area contributed by atoms with Crippen molar-refractivity contribution in [1.82, 2.24) is 0 Å². The maximum Gasteiger partial charge on any atom is 0.416 e. The Morgan fingerprint density at radius 3 is 2.04 bits per heavy atom. The fourth-order valence-corrected chi connectivity index (χ4v) is 4.26. The first-order valence-corrected chi connectivity index (χ1v) is 9.75. The van der Waals surface area contributed by atoms with E-state index >= 15 is 0 Å². The van der Waals surface area contributed by atoms with E-state index < -0.39 is 59.8 Å². The molecule has 1 aliphatic carbocycles. The predicted octanol–water partition coefficient (Wildman–Crippen LogP) is 3.29. The van der Waals surface area contributed by atoms with Crippen LogP contribution in [0, 0.1) is 20.2 Å². The lowest BCUT2D eigenvalue weighted by molar-refractivity contribution is -0.392. The molecule has 2 atom stereocenters. The number of halogens is 3. The summed E-state index contributed by atoms with van der Waals surface area (Å²) in [6, 6.07) is -0.203. The molecule has 1 aliphatic rings. The average Bonchev–Trinajstić information content (AvgIpc) is 2.52. The molecule has 9 nitrogen and oxygen atoms in total. The average molecular weight is 411 g/mol. The van der Waals surface area contributed by atoms with Gasteiger partial charge in [0.05, 0.1) is 20.7 Å². The number of nitro groups is 2. The summed E-state index contributed by atoms with van der Waals surface area (Å²) in [5, 5.41) is 24.3. The Bertz CT molecular complexity index is 836. The lowest BCUT2D eigenvalue weighted by Crippen LogP contribution is -2.34. The molecule has 1 fully saturated rings. The van der Waals surface area contributed by atoms with Crippen molar-refractivity contribution in [3.63, 3.8) is 0 Å². The second kappa shape index (κ2) is 7.29. The second-order valence-electron chi connectivity index (χ2n) is 6.36. The molecule has 0 saturated heterocycles. The normalized spacial score (nSPS) is 20.9. The van der Waals surface area contributed by atoms with E-state index in [1.807, 2.05) is 0 Å². The Morgan fingerprint density at radius 1 is 1.11 bits per heavy atom. The predicted molar refractivity (Wildman–Crippen MR) is 89.3 cm³/mol. The van der Waals surface area contributed by atoms with Crippen molar-refractivity contribution in [3.05, 3.63) is 37.9 Å². The number of hydrogen-bond acceptors (Lipinski definition) is 7. The zero-order chi connectivity index (χ0) is 20.6. The highest BCUT2D eigenvalue weighted by molar-refractivity contribution is 7.91. The molecule has 13 heteroatoms. The van der Waals surface area contributed by atoms with Crippen molar-refractivity contribution in [3.8, 4) is 0 Å². The van der Waals surface area contributed by atoms with Gasteiger partial charge in [-0.25, -0.2) is 8.42 Å². The van der Waals surface area contributed by atoms with Crippen LogP contribution in [-0.2, 0) is 16.0 Å². The molecule has 0 aromatic heterocycles. The second-order valence-corrected chi connectivity index (χ2v) is 8.69. The molecule has 1 aromatic rings. The Balaban J connectivity index is 2.48. The molecule has 27 heavy (non-hydrogen) atoms. The smallest absolute Gasteiger partial charge is 0.371 e. The quantitative estimate of drug-likeness (QED) is 0.581. The van der Waals surface area contributed by atoms with E-state index in [0.717, 1.165) is 6.26 Å². The van der Waals surface area contributed by atoms with E-state index in [0.29, 0.717) is 19.3 Å². The van der Waals surface area contributed by atoms with Crippen LogP contribution in [0.3, 0.4) is 0 Å². The summed E-state index contributed by atoms with van der Waals surface area (Å²) in [5.41, 5.74) is -4.34. The summed E-state index contributed by atoms with van der Waals surface area (Å²) >= 11 is 0. The van der Waals surface area contributed by atoms with E-state index in [-0.39, 0.29) is 18.6 Å². The molecule has 0 bridgehead atoms. The molecular weight excluding hydrogens is 395 g/mol. The van der Waals surface area contributed by atoms with Gasteiger partial charge in [0.2, 0.25) is 0 Å². The number of rotatable bonds is 5. The fourth-order valence-electron chi connectivity index (χ4n) is 3.08. The lowest BCUT2D eigenvalue weighted by Gasteiger charge is -2.29. The van der Waals surface area contributed by atoms with Gasteiger partial charge in [-0.3, -0.25) is 20.2 Å². The van der Waals surface area contributed by atoms with Crippen molar-refractivity contribution in [1.29, 1.82) is 0 Å². The fraction of sp³-hybridized carbons (Fsp3) is 0.571. The molecule has 1 N–H and O–H groups in total. The van der Waals surface area contributed by atoms with Crippen molar-refractivity contribution >= 4 is 26.9 Å². The molecule has 0 aliphatic heterocycles. The highest BCUT2D eigenvalue weighted by Gasteiger charge is 2.39. The molecule has 0 heterocycles. The number of benzene rings is 1. The van der Waals surface area contributed by atoms with Crippen molar-refractivity contribution in [2.75, 3.05) is 11.6 Å². The van der Waals surface area contributed by atoms with Gasteiger partial charge in [0.15, 0.2) is 5.69 Å². The molecule has 0 amide bonds. The standard InChI is InChI=1S/C14H16F3N3O6S/c1-27(25,26)10-4-2-3-9(7-10)18-13-11(19(21)22)5-8(14(15,16)17)6-12(13)20(23)24/h5-6,9-10,18H,2-4,7H2,1H3. The van der Waals surface area contributed by atoms with Gasteiger partial charge in [-0.05, 0) is 19.3 Å². The van der Waals surface area contributed by atoms with Crippen LogP contribution in [-0.4, -0.2) is 35.8 Å². The molecule has 1 aromatic carbocycles. The number of nitrogens with one attached hydrogen (secondary N) is 1. The minimum Gasteiger partial charge on any atom is -0.371 e. The van der Waals surface area contributed by atoms with Gasteiger partial charge in [-0.2, -0.15) is 13.2 Å². The molecule has 1 saturated carbocycles. The molecular formula is C14H16F3N3O6S. The Morgan fingerprint density at radius 2 is 1.63 bits per heavy atom. The third-order valence-corrected chi connectivity index (χ3v) is 6.04. The topological polar surface area (TPSA) is 132 Å². The number of nitrogens with zero attached hydrogens (tertiary/aromatic N) is 2. The highest BCUT2D eigenvalue weighted by Crippen LogP contribution is 2.42. The van der Waals surface area contributed by atoms with Gasteiger partial charge >= 0.3 is 6.18 Å². The van der Waals surface area contributed by atoms with Crippen LogP contribution < -0.4 is 5.32 Å². The van der Waals surface area contributed by atoms with E-state index in [1.54, 1.807) is 0 Å². The maximum atomic E-state index is 12.9. The van der Waals surface area contributed by atoms with E-state index in [4.69, 9.17) is 0 Å². The number of nitro benzene ring substituents is 2. The number of hydrogen-bond donors (Lipinski definition) is 1. The molecule has 2 unspecified atom stereocenters. The summed E-state index contributed by atoms with van der Waals surface area (Å²) in [6.07, 6.45) is -2.69. The van der Waals surface area contributed by atoms with Gasteiger partial charge in [0.1, 0.15) is 9.84 Å². The van der Waals surface area contributed by atoms with Crippen LogP contribution in [0.25, 0.3) is 0 Å². The van der Waals surface area contributed by atoms with Crippen molar-refractivity contribution < 1.29 is 31.4 Å². The number of alkyl halides is 3. The van der Waals surface area contributed by atoms with Gasteiger partial charge in [-0.15, -0.1) is 0 Å². The van der Waals surface area contributed by atoms with Gasteiger partial charge in [0, 0.05) is 24.4 Å². The third-order valence-electron chi connectivity index (χ3n) is 4.40. The zero-order valence-corrected chi connectivity index (χ0v) is 14.8. The van der Waals surface area contributed by atoms with Crippen LogP contribution in [0.4, 0.5) is 30.2 Å². The van der Waals surface area contributed by atoms with Crippen molar-refractivity contribution in [2.45, 2.75) is 43.2 Å². The summed E-state index contributed by atoms with van der Waals surface area (Å²) in [5.74, 6) is 0. The maximum absolute atomic E-state index is 12.9. The van der Waals surface area contributed by atoms with E-state index in [9.17, 15) is 41.8 Å².